The van der Waals surface area contributed by atoms with Crippen LogP contribution in [0.3, 0.4) is 0 Å². The van der Waals surface area contributed by atoms with Gasteiger partial charge in [-0.1, -0.05) is 294 Å². The van der Waals surface area contributed by atoms with Gasteiger partial charge in [0.1, 0.15) is 5.15 Å². The highest BCUT2D eigenvalue weighted by atomic mass is 127. The van der Waals surface area contributed by atoms with Gasteiger partial charge in [0.15, 0.2) is 1.43 Å². The van der Waals surface area contributed by atoms with Crippen LogP contribution < -0.4 is 0 Å². The van der Waals surface area contributed by atoms with Crippen LogP contribution in [0.5, 0.6) is 0 Å². The van der Waals surface area contributed by atoms with Crippen molar-refractivity contribution in [2.24, 2.45) is 0 Å². The second-order valence-corrected chi connectivity index (χ2v) is 42.7. The highest BCUT2D eigenvalue weighted by molar-refractivity contribution is 14.3. The van der Waals surface area contributed by atoms with Gasteiger partial charge in [-0.25, -0.2) is 0 Å². The van der Waals surface area contributed by atoms with Crippen molar-refractivity contribution in [2.45, 2.75) is 19.2 Å². The fourth-order valence-electron chi connectivity index (χ4n) is 1.09. The molecule has 0 aromatic rings. The summed E-state index contributed by atoms with van der Waals surface area (Å²) in [6.45, 7) is 0. The molecule has 0 bridgehead atoms. The first-order valence-corrected chi connectivity index (χ1v) is 19.0. The quantitative estimate of drug-likeness (QED) is 0.184. The van der Waals surface area contributed by atoms with Crippen molar-refractivity contribution in [3.05, 3.63) is 0 Å². The molecule has 0 nitrogen and oxygen atoms in total. The zero-order valence-corrected chi connectivity index (χ0v) is 38.3. The highest BCUT2D eigenvalue weighted by Crippen LogP contribution is 2.74. The maximum Gasteiger partial charge on any atom is 0.412 e. The standard InChI is InChI=1S/C8H2F3I13/c9-7(10,11)3(14,15)1-2(12,13)4(16,17)5(18,19)6(20,21)8(22,23)24/h1H2. The fourth-order valence-corrected chi connectivity index (χ4v) is 19.3. The average molecular weight is 1800 g/mol. The van der Waals surface area contributed by atoms with Crippen molar-refractivity contribution >= 4 is 294 Å². The van der Waals surface area contributed by atoms with Gasteiger partial charge in [0, 0.05) is 6.42 Å². The van der Waals surface area contributed by atoms with Crippen molar-refractivity contribution in [2.75, 3.05) is 0 Å². The first-order valence-electron chi connectivity index (χ1n) is 4.98. The van der Waals surface area contributed by atoms with Gasteiger partial charge in [-0.3, -0.25) is 0 Å². The predicted molar refractivity (Wildman–Crippen MR) is 209 cm³/mol. The largest absolute Gasteiger partial charge is 0.412 e. The average Bonchev–Trinajstić information content (AvgIpc) is 2.23. The molecule has 146 valence electrons. The minimum atomic E-state index is -4.25. The Morgan fingerprint density at radius 2 is 0.792 bits per heavy atom. The number of hydrogen-bond donors (Lipinski definition) is 0. The van der Waals surface area contributed by atoms with E-state index in [1.165, 1.54) is 0 Å². The topological polar surface area (TPSA) is 0 Å². The number of hydrogen-bond acceptors (Lipinski definition) is 0. The first kappa shape index (κ1) is 33.3. The van der Waals surface area contributed by atoms with Crippen LogP contribution in [0.25, 0.3) is 0 Å². The van der Waals surface area contributed by atoms with Gasteiger partial charge in [-0.2, -0.15) is 13.2 Å². The summed E-state index contributed by atoms with van der Waals surface area (Å²) in [6, 6.07) is 0. The van der Waals surface area contributed by atoms with Crippen LogP contribution in [-0.4, -0.2) is 12.8 Å². The molecule has 0 radical (unpaired) electrons. The Balaban J connectivity index is 6.04. The smallest absolute Gasteiger partial charge is 0.169 e. The molecule has 0 aromatic heterocycles. The lowest BCUT2D eigenvalue weighted by Crippen LogP contribution is -2.60. The molecule has 0 heterocycles. The molecule has 0 aromatic carbocycles. The second-order valence-electron chi connectivity index (χ2n) is 4.30. The third-order valence-electron chi connectivity index (χ3n) is 2.46. The lowest BCUT2D eigenvalue weighted by molar-refractivity contribution is -0.130. The Labute approximate surface area is 316 Å². The minimum absolute atomic E-state index is 0.0193. The molecule has 0 atom stereocenters. The molecule has 0 spiro atoms. The summed E-state index contributed by atoms with van der Waals surface area (Å²) in [5.74, 6) is 0. The van der Waals surface area contributed by atoms with E-state index in [-0.39, 0.29) is 8.71 Å². The molecule has 0 unspecified atom stereocenters. The molecule has 0 saturated carbocycles. The van der Waals surface area contributed by atoms with Crippen LogP contribution in [0.1, 0.15) is 6.42 Å². The zero-order valence-electron chi connectivity index (χ0n) is 10.3. The van der Waals surface area contributed by atoms with E-state index in [1.807, 2.05) is 0 Å². The van der Waals surface area contributed by atoms with Gasteiger partial charge in [0.25, 0.3) is 0 Å². The number of alkyl halides is 16. The molecule has 24 heavy (non-hydrogen) atoms. The summed E-state index contributed by atoms with van der Waals surface area (Å²) in [5, 5.41) is 0. The normalized spacial score (nSPS) is 16.5. The van der Waals surface area contributed by atoms with Crippen molar-refractivity contribution in [1.29, 1.82) is 0 Å². The predicted octanol–water partition coefficient (Wildman–Crippen LogP) is 11.7. The molecule has 16 heteroatoms. The molecule has 0 N–H and O–H groups in total. The summed E-state index contributed by atoms with van der Waals surface area (Å²) in [7, 11) is 0. The van der Waals surface area contributed by atoms with Gasteiger partial charge in [-0.15, -0.1) is 0 Å². The third-order valence-corrected chi connectivity index (χ3v) is 37.8. The fraction of sp³-hybridized carbons (Fsp3) is 1.00. The van der Waals surface area contributed by atoms with Crippen LogP contribution >= 0.6 is 294 Å². The van der Waals surface area contributed by atoms with Gasteiger partial charge in [0.05, 0.1) is 0 Å². The Hall–Kier alpha value is 9.28. The van der Waals surface area contributed by atoms with E-state index in [4.69, 9.17) is 0 Å². The van der Waals surface area contributed by atoms with Gasteiger partial charge < -0.3 is 0 Å². The monoisotopic (exact) mass is 1800 g/mol. The van der Waals surface area contributed by atoms with Crippen molar-refractivity contribution in [3.8, 4) is 0 Å². The van der Waals surface area contributed by atoms with E-state index in [2.05, 4.69) is 248 Å². The first-order chi connectivity index (χ1) is 9.96. The van der Waals surface area contributed by atoms with Gasteiger partial charge in [-0.05, 0) is 0 Å². The lowest BCUT2D eigenvalue weighted by Gasteiger charge is -2.52. The number of rotatable bonds is 6. The molecular weight excluding hydrogens is 1800 g/mol. The van der Waals surface area contributed by atoms with E-state index in [1.54, 1.807) is 45.2 Å². The van der Waals surface area contributed by atoms with E-state index in [0.717, 1.165) is 0 Å². The maximum absolute atomic E-state index is 13.4. The molecule has 0 fully saturated rings. The van der Waals surface area contributed by atoms with E-state index >= 15 is 0 Å². The summed E-state index contributed by atoms with van der Waals surface area (Å²) < 4.78 is 36.8. The van der Waals surface area contributed by atoms with Gasteiger partial charge >= 0.3 is 6.18 Å². The molecule has 0 rings (SSSR count). The van der Waals surface area contributed by atoms with E-state index in [9.17, 15) is 13.2 Å². The van der Waals surface area contributed by atoms with E-state index in [0.29, 0.717) is 0 Å². The number of halogens is 16. The third kappa shape index (κ3) is 7.89. The zero-order chi connectivity index (χ0) is 20.2. The van der Waals surface area contributed by atoms with Crippen LogP contribution in [0.15, 0.2) is 0 Å². The molecule has 0 saturated heterocycles. The Morgan fingerprint density at radius 3 is 1.04 bits per heavy atom. The van der Waals surface area contributed by atoms with Gasteiger partial charge in [0.2, 0.25) is 0 Å². The second kappa shape index (κ2) is 11.6. The Bertz CT molecular complexity index is 461. The van der Waals surface area contributed by atoms with Crippen LogP contribution in [-0.2, 0) is 0 Å². The lowest BCUT2D eigenvalue weighted by atomic mass is 10.1. The van der Waals surface area contributed by atoms with Crippen LogP contribution in [0.4, 0.5) is 13.2 Å². The molecular formula is C8H2F3I13. The van der Waals surface area contributed by atoms with Crippen molar-refractivity contribution in [1.82, 2.24) is 0 Å². The highest BCUT2D eigenvalue weighted by Gasteiger charge is 2.70. The molecule has 0 aliphatic rings. The van der Waals surface area contributed by atoms with Crippen molar-refractivity contribution in [3.63, 3.8) is 0 Å². The van der Waals surface area contributed by atoms with E-state index < -0.39 is 10.5 Å². The minimum Gasteiger partial charge on any atom is -0.169 e. The molecule has 0 aliphatic heterocycles. The van der Waals surface area contributed by atoms with Crippen LogP contribution in [0, 0.1) is 0 Å². The summed E-state index contributed by atoms with van der Waals surface area (Å²) >= 11 is 29.2. The Morgan fingerprint density at radius 1 is 0.458 bits per heavy atom. The maximum atomic E-state index is 13.4. The SMILES string of the molecule is FC(F)(F)C(I)(I)CC(I)(I)C(I)(I)C(I)(I)C(I)(I)C(I)(I)I. The van der Waals surface area contributed by atoms with Crippen LogP contribution in [0.2, 0.25) is 0 Å². The van der Waals surface area contributed by atoms with Crippen molar-refractivity contribution < 1.29 is 13.2 Å². The Kier molecular flexibility index (Phi) is 16.0. The summed E-state index contributed by atoms with van der Waals surface area (Å²) in [4.78, 5) is 0. The molecule has 0 aliphatic carbocycles. The summed E-state index contributed by atoms with van der Waals surface area (Å²) in [6.07, 6.45) is -4.23. The molecule has 0 amide bonds. The summed E-state index contributed by atoms with van der Waals surface area (Å²) in [5.41, 5.74) is 0.